The summed E-state index contributed by atoms with van der Waals surface area (Å²) in [5.74, 6) is 0.725. The molecular weight excluding hydrogens is 396 g/mol. The van der Waals surface area contributed by atoms with Gasteiger partial charge < -0.3 is 19.9 Å². The molecule has 3 aromatic rings. The molecule has 0 unspecified atom stereocenters. The van der Waals surface area contributed by atoms with E-state index in [1.807, 2.05) is 55.4 Å². The average Bonchev–Trinajstić information content (AvgIpc) is 3.27. The monoisotopic (exact) mass is 422 g/mol. The van der Waals surface area contributed by atoms with Gasteiger partial charge in [-0.1, -0.05) is 12.1 Å². The third-order valence-corrected chi connectivity index (χ3v) is 6.23. The number of carbonyl (C=O) groups excluding carboxylic acids is 1. The van der Waals surface area contributed by atoms with E-state index in [1.165, 1.54) is 4.88 Å². The van der Waals surface area contributed by atoms with Crippen molar-refractivity contribution in [2.24, 2.45) is 0 Å². The number of rotatable bonds is 7. The highest BCUT2D eigenvalue weighted by Gasteiger charge is 2.26. The number of benzene rings is 1. The first-order chi connectivity index (χ1) is 14.7. The molecule has 1 aromatic carbocycles. The molecular formula is C23H26N4O2S. The summed E-state index contributed by atoms with van der Waals surface area (Å²) in [4.78, 5) is 22.5. The van der Waals surface area contributed by atoms with Gasteiger partial charge in [0, 0.05) is 55.6 Å². The van der Waals surface area contributed by atoms with E-state index in [0.29, 0.717) is 12.1 Å². The molecule has 0 saturated carbocycles. The largest absolute Gasteiger partial charge is 0.485 e. The highest BCUT2D eigenvalue weighted by Crippen LogP contribution is 2.32. The minimum atomic E-state index is -0.0374. The minimum Gasteiger partial charge on any atom is -0.485 e. The second-order valence-corrected chi connectivity index (χ2v) is 8.26. The van der Waals surface area contributed by atoms with E-state index < -0.39 is 0 Å². The summed E-state index contributed by atoms with van der Waals surface area (Å²) in [5, 5.41) is 5.27. The summed E-state index contributed by atoms with van der Waals surface area (Å²) in [5.41, 5.74) is 2.37. The first-order valence-electron chi connectivity index (χ1n) is 10.1. The van der Waals surface area contributed by atoms with Crippen molar-refractivity contribution in [3.05, 3.63) is 70.7 Å². The molecule has 0 spiro atoms. The predicted molar refractivity (Wildman–Crippen MR) is 122 cm³/mol. The van der Waals surface area contributed by atoms with Gasteiger partial charge in [-0.2, -0.15) is 0 Å². The zero-order valence-corrected chi connectivity index (χ0v) is 18.1. The smallest absolute Gasteiger partial charge is 0.262 e. The lowest BCUT2D eigenvalue weighted by atomic mass is 10.2. The first-order valence-corrected chi connectivity index (χ1v) is 11.0. The molecule has 30 heavy (non-hydrogen) atoms. The Balaban J connectivity index is 1.59. The Morgan fingerprint density at radius 2 is 2.13 bits per heavy atom. The Morgan fingerprint density at radius 1 is 1.23 bits per heavy atom. The average molecular weight is 423 g/mol. The minimum absolute atomic E-state index is 0.0244. The van der Waals surface area contributed by atoms with Crippen molar-refractivity contribution < 1.29 is 9.53 Å². The molecule has 0 fully saturated rings. The van der Waals surface area contributed by atoms with Crippen molar-refractivity contribution in [1.29, 1.82) is 0 Å². The number of ether oxygens (including phenoxy) is 1. The van der Waals surface area contributed by atoms with Crippen LogP contribution in [0.1, 0.15) is 27.8 Å². The van der Waals surface area contributed by atoms with Gasteiger partial charge in [0.15, 0.2) is 0 Å². The Bertz CT molecular complexity index is 992. The number of nitrogens with zero attached hydrogens (tertiary/aromatic N) is 3. The van der Waals surface area contributed by atoms with Crippen molar-refractivity contribution in [3.63, 3.8) is 0 Å². The first kappa shape index (κ1) is 20.4. The standard InChI is InChI=1S/C23H26N4O2S/c1-24-10-9-21(22-7-4-14-30-22)29-18-6-3-5-17(15-18)27-13-12-26(2)20-8-11-25-16-19(20)23(27)28/h3-8,11,14-16,21,24H,9-10,12-13H2,1-2H3/t21-/m0/s1. The summed E-state index contributed by atoms with van der Waals surface area (Å²) < 4.78 is 6.36. The number of hydrogen-bond donors (Lipinski definition) is 1. The van der Waals surface area contributed by atoms with Crippen molar-refractivity contribution in [3.8, 4) is 5.75 Å². The maximum Gasteiger partial charge on any atom is 0.262 e. The molecule has 1 aliphatic heterocycles. The summed E-state index contributed by atoms with van der Waals surface area (Å²) >= 11 is 1.70. The van der Waals surface area contributed by atoms with Crippen LogP contribution in [0.25, 0.3) is 0 Å². The fourth-order valence-electron chi connectivity index (χ4n) is 3.65. The van der Waals surface area contributed by atoms with Gasteiger partial charge in [-0.15, -0.1) is 11.3 Å². The lowest BCUT2D eigenvalue weighted by Crippen LogP contribution is -2.33. The third kappa shape index (κ3) is 4.32. The second kappa shape index (κ2) is 9.28. The number of fused-ring (bicyclic) bond motifs is 1. The third-order valence-electron chi connectivity index (χ3n) is 5.27. The number of hydrogen-bond acceptors (Lipinski definition) is 6. The molecule has 4 rings (SSSR count). The number of anilines is 2. The quantitative estimate of drug-likeness (QED) is 0.624. The normalized spacial score (nSPS) is 14.9. The highest BCUT2D eigenvalue weighted by atomic mass is 32.1. The molecule has 156 valence electrons. The zero-order chi connectivity index (χ0) is 20.9. The molecule has 1 atom stereocenters. The van der Waals surface area contributed by atoms with E-state index in [2.05, 4.69) is 26.6 Å². The van der Waals surface area contributed by atoms with Crippen LogP contribution in [0.3, 0.4) is 0 Å². The van der Waals surface area contributed by atoms with E-state index in [1.54, 1.807) is 23.7 Å². The summed E-state index contributed by atoms with van der Waals surface area (Å²) in [6.45, 7) is 2.21. The van der Waals surface area contributed by atoms with Gasteiger partial charge in [0.25, 0.3) is 5.91 Å². The molecule has 0 saturated heterocycles. The number of aromatic nitrogens is 1. The maximum atomic E-state index is 13.3. The van der Waals surface area contributed by atoms with Crippen LogP contribution in [0.15, 0.2) is 60.2 Å². The van der Waals surface area contributed by atoms with Gasteiger partial charge in [-0.25, -0.2) is 0 Å². The Labute approximate surface area is 181 Å². The van der Waals surface area contributed by atoms with Gasteiger partial charge in [-0.05, 0) is 43.2 Å². The molecule has 1 aliphatic rings. The van der Waals surface area contributed by atoms with Crippen LogP contribution < -0.4 is 19.9 Å². The number of likely N-dealkylation sites (N-methyl/N-ethyl adjacent to an activating group) is 1. The van der Waals surface area contributed by atoms with Crippen LogP contribution in [0, 0.1) is 0 Å². The van der Waals surface area contributed by atoms with Gasteiger partial charge in [-0.3, -0.25) is 9.78 Å². The van der Waals surface area contributed by atoms with Crippen molar-refractivity contribution in [1.82, 2.24) is 10.3 Å². The fraction of sp³-hybridized carbons (Fsp3) is 0.304. The number of pyridine rings is 1. The molecule has 7 heteroatoms. The summed E-state index contributed by atoms with van der Waals surface area (Å²) in [6.07, 6.45) is 4.22. The van der Waals surface area contributed by atoms with Crippen LogP contribution >= 0.6 is 11.3 Å². The molecule has 0 radical (unpaired) electrons. The highest BCUT2D eigenvalue weighted by molar-refractivity contribution is 7.10. The van der Waals surface area contributed by atoms with E-state index in [-0.39, 0.29) is 12.0 Å². The van der Waals surface area contributed by atoms with E-state index in [9.17, 15) is 4.79 Å². The van der Waals surface area contributed by atoms with E-state index in [0.717, 1.165) is 36.6 Å². The summed E-state index contributed by atoms with van der Waals surface area (Å²) in [7, 11) is 3.95. The van der Waals surface area contributed by atoms with Gasteiger partial charge in [0.1, 0.15) is 11.9 Å². The Kier molecular flexibility index (Phi) is 6.30. The molecule has 0 bridgehead atoms. The Hall–Kier alpha value is -2.90. The molecule has 2 aromatic heterocycles. The SMILES string of the molecule is CNCC[C@H](Oc1cccc(N2CCN(C)c3ccncc3C2=O)c1)c1cccs1. The Morgan fingerprint density at radius 3 is 2.93 bits per heavy atom. The van der Waals surface area contributed by atoms with Crippen LogP contribution in [-0.2, 0) is 0 Å². The van der Waals surface area contributed by atoms with Crippen molar-refractivity contribution in [2.45, 2.75) is 12.5 Å². The second-order valence-electron chi connectivity index (χ2n) is 7.28. The van der Waals surface area contributed by atoms with Gasteiger partial charge >= 0.3 is 0 Å². The number of thiophene rings is 1. The maximum absolute atomic E-state index is 13.3. The van der Waals surface area contributed by atoms with Crippen LogP contribution in [0.5, 0.6) is 5.75 Å². The number of nitrogens with one attached hydrogen (secondary N) is 1. The molecule has 3 heterocycles. The molecule has 6 nitrogen and oxygen atoms in total. The van der Waals surface area contributed by atoms with Gasteiger partial charge in [0.2, 0.25) is 0 Å². The van der Waals surface area contributed by atoms with Crippen LogP contribution in [0.2, 0.25) is 0 Å². The van der Waals surface area contributed by atoms with Crippen LogP contribution in [-0.4, -0.2) is 44.6 Å². The molecule has 1 N–H and O–H groups in total. The van der Waals surface area contributed by atoms with E-state index >= 15 is 0 Å². The van der Waals surface area contributed by atoms with Crippen molar-refractivity contribution in [2.75, 3.05) is 43.5 Å². The van der Waals surface area contributed by atoms with Gasteiger partial charge in [0.05, 0.1) is 11.3 Å². The predicted octanol–water partition coefficient (Wildman–Crippen LogP) is 3.97. The molecule has 1 amide bonds. The number of carbonyl (C=O) groups is 1. The lowest BCUT2D eigenvalue weighted by molar-refractivity contribution is 0.0990. The lowest BCUT2D eigenvalue weighted by Gasteiger charge is -2.23. The fourth-order valence-corrected chi connectivity index (χ4v) is 4.44. The van der Waals surface area contributed by atoms with E-state index in [4.69, 9.17) is 4.74 Å². The topological polar surface area (TPSA) is 57.7 Å². The number of amides is 1. The molecule has 0 aliphatic carbocycles. The summed E-state index contributed by atoms with van der Waals surface area (Å²) in [6, 6.07) is 13.9. The van der Waals surface area contributed by atoms with Crippen LogP contribution in [0.4, 0.5) is 11.4 Å². The van der Waals surface area contributed by atoms with Crippen molar-refractivity contribution >= 4 is 28.6 Å². The zero-order valence-electron chi connectivity index (χ0n) is 17.2.